The first-order valence-electron chi connectivity index (χ1n) is 6.78. The molecule has 0 aromatic heterocycles. The zero-order valence-electron chi connectivity index (χ0n) is 11.5. The van der Waals surface area contributed by atoms with E-state index >= 15 is 0 Å². The van der Waals surface area contributed by atoms with Crippen LogP contribution in [0.25, 0.3) is 0 Å². The SMILES string of the molecule is CNC1(CC(=O)NCCNC(C)=O)CCCCC1. The highest BCUT2D eigenvalue weighted by molar-refractivity contribution is 5.77. The van der Waals surface area contributed by atoms with Gasteiger partial charge in [-0.2, -0.15) is 0 Å². The van der Waals surface area contributed by atoms with Crippen molar-refractivity contribution in [2.75, 3.05) is 20.1 Å². The second kappa shape index (κ2) is 7.36. The van der Waals surface area contributed by atoms with Gasteiger partial charge in [-0.25, -0.2) is 0 Å². The van der Waals surface area contributed by atoms with E-state index in [-0.39, 0.29) is 17.4 Å². The molecule has 18 heavy (non-hydrogen) atoms. The summed E-state index contributed by atoms with van der Waals surface area (Å²) in [5, 5.41) is 8.84. The number of nitrogens with one attached hydrogen (secondary N) is 3. The van der Waals surface area contributed by atoms with Crippen LogP contribution < -0.4 is 16.0 Å². The molecule has 0 aromatic carbocycles. The van der Waals surface area contributed by atoms with Crippen molar-refractivity contribution in [2.24, 2.45) is 0 Å². The van der Waals surface area contributed by atoms with Gasteiger partial charge in [-0.3, -0.25) is 9.59 Å². The Morgan fingerprint density at radius 3 is 2.22 bits per heavy atom. The van der Waals surface area contributed by atoms with Crippen LogP contribution in [-0.2, 0) is 9.59 Å². The summed E-state index contributed by atoms with van der Waals surface area (Å²) in [6.07, 6.45) is 6.34. The average Bonchev–Trinajstić information content (AvgIpc) is 2.35. The molecule has 0 radical (unpaired) electrons. The molecule has 0 spiro atoms. The van der Waals surface area contributed by atoms with E-state index in [0.29, 0.717) is 19.5 Å². The number of hydrogen-bond donors (Lipinski definition) is 3. The predicted molar refractivity (Wildman–Crippen MR) is 71.2 cm³/mol. The smallest absolute Gasteiger partial charge is 0.221 e. The van der Waals surface area contributed by atoms with E-state index in [2.05, 4.69) is 16.0 Å². The molecule has 0 aromatic rings. The quantitative estimate of drug-likeness (QED) is 0.607. The number of hydrogen-bond acceptors (Lipinski definition) is 3. The van der Waals surface area contributed by atoms with Gasteiger partial charge in [0, 0.05) is 32.0 Å². The Bertz CT molecular complexity index is 286. The molecule has 0 bridgehead atoms. The van der Waals surface area contributed by atoms with Crippen LogP contribution in [0.1, 0.15) is 45.4 Å². The first-order valence-corrected chi connectivity index (χ1v) is 6.78. The Kier molecular flexibility index (Phi) is 6.12. The molecule has 1 aliphatic carbocycles. The van der Waals surface area contributed by atoms with Crippen LogP contribution in [0.4, 0.5) is 0 Å². The predicted octanol–water partition coefficient (Wildman–Crippen LogP) is 0.551. The zero-order valence-corrected chi connectivity index (χ0v) is 11.5. The lowest BCUT2D eigenvalue weighted by molar-refractivity contribution is -0.123. The monoisotopic (exact) mass is 255 g/mol. The first-order chi connectivity index (χ1) is 8.58. The molecule has 5 nitrogen and oxygen atoms in total. The normalized spacial score (nSPS) is 18.1. The fourth-order valence-electron chi connectivity index (χ4n) is 2.55. The number of rotatable bonds is 6. The van der Waals surface area contributed by atoms with Gasteiger partial charge in [-0.05, 0) is 19.9 Å². The Labute approximate surface area is 109 Å². The fraction of sp³-hybridized carbons (Fsp3) is 0.846. The van der Waals surface area contributed by atoms with Gasteiger partial charge in [-0.15, -0.1) is 0 Å². The Balaban J connectivity index is 2.26. The molecule has 1 fully saturated rings. The minimum Gasteiger partial charge on any atom is -0.355 e. The molecule has 1 aliphatic rings. The van der Waals surface area contributed by atoms with Gasteiger partial charge in [0.15, 0.2) is 0 Å². The lowest BCUT2D eigenvalue weighted by Gasteiger charge is -2.36. The fourth-order valence-corrected chi connectivity index (χ4v) is 2.55. The van der Waals surface area contributed by atoms with Crippen LogP contribution in [0.5, 0.6) is 0 Å². The topological polar surface area (TPSA) is 70.2 Å². The third-order valence-corrected chi connectivity index (χ3v) is 3.66. The van der Waals surface area contributed by atoms with Crippen molar-refractivity contribution in [1.82, 2.24) is 16.0 Å². The summed E-state index contributed by atoms with van der Waals surface area (Å²) < 4.78 is 0. The van der Waals surface area contributed by atoms with Crippen LogP contribution in [0.2, 0.25) is 0 Å². The molecule has 1 rings (SSSR count). The molecule has 0 aliphatic heterocycles. The largest absolute Gasteiger partial charge is 0.355 e. The van der Waals surface area contributed by atoms with E-state index in [1.165, 1.54) is 26.2 Å². The van der Waals surface area contributed by atoms with Gasteiger partial charge in [0.1, 0.15) is 0 Å². The van der Waals surface area contributed by atoms with Gasteiger partial charge in [0.25, 0.3) is 0 Å². The minimum atomic E-state index is -0.0665. The third kappa shape index (κ3) is 5.04. The highest BCUT2D eigenvalue weighted by Crippen LogP contribution is 2.30. The molecule has 1 saturated carbocycles. The van der Waals surface area contributed by atoms with Crippen molar-refractivity contribution in [2.45, 2.75) is 51.0 Å². The van der Waals surface area contributed by atoms with E-state index in [1.54, 1.807) is 0 Å². The van der Waals surface area contributed by atoms with Gasteiger partial charge in [0.2, 0.25) is 11.8 Å². The second-order valence-corrected chi connectivity index (χ2v) is 5.10. The maximum atomic E-state index is 11.9. The first kappa shape index (κ1) is 15.0. The van der Waals surface area contributed by atoms with Gasteiger partial charge in [-0.1, -0.05) is 19.3 Å². The van der Waals surface area contributed by atoms with Crippen LogP contribution in [0, 0.1) is 0 Å². The van der Waals surface area contributed by atoms with Crippen molar-refractivity contribution in [3.63, 3.8) is 0 Å². The summed E-state index contributed by atoms with van der Waals surface area (Å²) in [5.74, 6) is -0.000160. The molecule has 0 saturated heterocycles. The van der Waals surface area contributed by atoms with E-state index in [1.807, 2.05) is 7.05 Å². The standard InChI is InChI=1S/C13H25N3O2/c1-11(17)15-8-9-16-12(18)10-13(14-2)6-4-3-5-7-13/h14H,3-10H2,1-2H3,(H,15,17)(H,16,18). The highest BCUT2D eigenvalue weighted by Gasteiger charge is 2.32. The average molecular weight is 255 g/mol. The van der Waals surface area contributed by atoms with Gasteiger partial charge < -0.3 is 16.0 Å². The van der Waals surface area contributed by atoms with Gasteiger partial charge in [0.05, 0.1) is 0 Å². The lowest BCUT2D eigenvalue weighted by atomic mass is 9.79. The Hall–Kier alpha value is -1.10. The van der Waals surface area contributed by atoms with Crippen LogP contribution in [0.3, 0.4) is 0 Å². The van der Waals surface area contributed by atoms with E-state index in [0.717, 1.165) is 12.8 Å². The summed E-state index contributed by atoms with van der Waals surface area (Å²) in [4.78, 5) is 22.5. The van der Waals surface area contributed by atoms with Crippen molar-refractivity contribution >= 4 is 11.8 Å². The summed E-state index contributed by atoms with van der Waals surface area (Å²) in [5.41, 5.74) is -0.0175. The van der Waals surface area contributed by atoms with Crippen LogP contribution >= 0.6 is 0 Å². The van der Waals surface area contributed by atoms with Crippen molar-refractivity contribution in [3.8, 4) is 0 Å². The Morgan fingerprint density at radius 1 is 1.06 bits per heavy atom. The summed E-state index contributed by atoms with van der Waals surface area (Å²) in [6, 6.07) is 0. The maximum Gasteiger partial charge on any atom is 0.221 e. The number of carbonyl (C=O) groups is 2. The molecule has 5 heteroatoms. The minimum absolute atomic E-state index is 0.0175. The number of carbonyl (C=O) groups excluding carboxylic acids is 2. The molecule has 104 valence electrons. The third-order valence-electron chi connectivity index (χ3n) is 3.66. The molecule has 0 heterocycles. The molecule has 2 amide bonds. The highest BCUT2D eigenvalue weighted by atomic mass is 16.2. The summed E-state index contributed by atoms with van der Waals surface area (Å²) >= 11 is 0. The maximum absolute atomic E-state index is 11.9. The lowest BCUT2D eigenvalue weighted by Crippen LogP contribution is -2.48. The molecular weight excluding hydrogens is 230 g/mol. The Morgan fingerprint density at radius 2 is 1.67 bits per heavy atom. The summed E-state index contributed by atoms with van der Waals surface area (Å²) in [7, 11) is 1.94. The molecule has 0 unspecified atom stereocenters. The molecular formula is C13H25N3O2. The van der Waals surface area contributed by atoms with Crippen LogP contribution in [-0.4, -0.2) is 37.5 Å². The summed E-state index contributed by atoms with van der Waals surface area (Å²) in [6.45, 7) is 2.46. The zero-order chi connectivity index (χ0) is 13.4. The van der Waals surface area contributed by atoms with Crippen molar-refractivity contribution < 1.29 is 9.59 Å². The molecule has 3 N–H and O–H groups in total. The number of amides is 2. The van der Waals surface area contributed by atoms with E-state index < -0.39 is 0 Å². The van der Waals surface area contributed by atoms with Crippen LogP contribution in [0.15, 0.2) is 0 Å². The van der Waals surface area contributed by atoms with Crippen molar-refractivity contribution in [1.29, 1.82) is 0 Å². The second-order valence-electron chi connectivity index (χ2n) is 5.10. The van der Waals surface area contributed by atoms with E-state index in [9.17, 15) is 9.59 Å². The van der Waals surface area contributed by atoms with Gasteiger partial charge >= 0.3 is 0 Å². The van der Waals surface area contributed by atoms with E-state index in [4.69, 9.17) is 0 Å². The molecule has 0 atom stereocenters. The van der Waals surface area contributed by atoms with Crippen molar-refractivity contribution in [3.05, 3.63) is 0 Å².